The number of carbonyl (C=O) groups excluding carboxylic acids is 2. The van der Waals surface area contributed by atoms with Crippen molar-refractivity contribution in [2.24, 2.45) is 0 Å². The van der Waals surface area contributed by atoms with Crippen molar-refractivity contribution < 1.29 is 23.5 Å². The lowest BCUT2D eigenvalue weighted by Crippen LogP contribution is -2.40. The average molecular weight is 453 g/mol. The molecule has 0 saturated carbocycles. The summed E-state index contributed by atoms with van der Waals surface area (Å²) in [5, 5.41) is 5.30. The normalized spacial score (nSPS) is 20.2. The number of ether oxygens (including phenoxy) is 2. The summed E-state index contributed by atoms with van der Waals surface area (Å²) in [6.07, 6.45) is 0.776. The van der Waals surface area contributed by atoms with Gasteiger partial charge in [0.25, 0.3) is 5.91 Å². The lowest BCUT2D eigenvalue weighted by Gasteiger charge is -2.23. The molecule has 0 radical (unpaired) electrons. The van der Waals surface area contributed by atoms with Gasteiger partial charge in [0, 0.05) is 17.4 Å². The number of benzene rings is 2. The molecule has 1 N–H and O–H groups in total. The van der Waals surface area contributed by atoms with Crippen LogP contribution in [0.2, 0.25) is 0 Å². The third-order valence-corrected chi connectivity index (χ3v) is 6.50. The SMILES string of the molecule is CC1(c2ccc3c(c2)OCCCO3)NC(=O)N(Cc2csc(-c3ccc(F)cc3)n2)C1=O. The minimum atomic E-state index is -1.22. The third kappa shape index (κ3) is 3.58. The van der Waals surface area contributed by atoms with Crippen LogP contribution in [0.1, 0.15) is 24.6 Å². The van der Waals surface area contributed by atoms with Gasteiger partial charge in [0.05, 0.1) is 25.5 Å². The van der Waals surface area contributed by atoms with Gasteiger partial charge in [0.15, 0.2) is 11.5 Å². The molecule has 7 nitrogen and oxygen atoms in total. The number of halogens is 1. The highest BCUT2D eigenvalue weighted by Crippen LogP contribution is 2.37. The lowest BCUT2D eigenvalue weighted by atomic mass is 9.91. The van der Waals surface area contributed by atoms with Crippen LogP contribution in [0, 0.1) is 5.82 Å². The number of nitrogens with zero attached hydrogens (tertiary/aromatic N) is 2. The molecule has 1 atom stereocenters. The number of rotatable bonds is 4. The van der Waals surface area contributed by atoms with Crippen LogP contribution in [0.15, 0.2) is 47.8 Å². The highest BCUT2D eigenvalue weighted by atomic mass is 32.1. The molecule has 1 aromatic heterocycles. The molecule has 3 amide bonds. The summed E-state index contributed by atoms with van der Waals surface area (Å²) in [4.78, 5) is 31.7. The molecular weight excluding hydrogens is 433 g/mol. The summed E-state index contributed by atoms with van der Waals surface area (Å²) in [6.45, 7) is 2.82. The molecule has 2 aromatic carbocycles. The Kier molecular flexibility index (Phi) is 5.05. The highest BCUT2D eigenvalue weighted by molar-refractivity contribution is 7.13. The Labute approximate surface area is 187 Å². The first-order chi connectivity index (χ1) is 15.4. The van der Waals surface area contributed by atoms with Gasteiger partial charge in [-0.15, -0.1) is 11.3 Å². The van der Waals surface area contributed by atoms with Crippen molar-refractivity contribution in [3.05, 3.63) is 64.9 Å². The molecular formula is C23H20FN3O4S. The van der Waals surface area contributed by atoms with Gasteiger partial charge in [-0.05, 0) is 48.9 Å². The number of fused-ring (bicyclic) bond motifs is 1. The zero-order chi connectivity index (χ0) is 22.3. The maximum atomic E-state index is 13.3. The Morgan fingerprint density at radius 2 is 1.88 bits per heavy atom. The molecule has 0 aliphatic carbocycles. The second-order valence-electron chi connectivity index (χ2n) is 7.81. The zero-order valence-electron chi connectivity index (χ0n) is 17.3. The van der Waals surface area contributed by atoms with Crippen LogP contribution in [0.3, 0.4) is 0 Å². The van der Waals surface area contributed by atoms with E-state index in [4.69, 9.17) is 9.47 Å². The van der Waals surface area contributed by atoms with E-state index < -0.39 is 11.6 Å². The smallest absolute Gasteiger partial charge is 0.325 e. The van der Waals surface area contributed by atoms with Crippen molar-refractivity contribution in [1.82, 2.24) is 15.2 Å². The Bertz CT molecular complexity index is 1200. The maximum absolute atomic E-state index is 13.3. The average Bonchev–Trinajstić information content (AvgIpc) is 3.23. The fourth-order valence-electron chi connectivity index (χ4n) is 3.78. The maximum Gasteiger partial charge on any atom is 0.325 e. The van der Waals surface area contributed by atoms with Crippen molar-refractivity contribution in [3.63, 3.8) is 0 Å². The molecule has 2 aliphatic rings. The van der Waals surface area contributed by atoms with E-state index in [1.165, 1.54) is 23.5 Å². The first-order valence-electron chi connectivity index (χ1n) is 10.2. The number of hydrogen-bond acceptors (Lipinski definition) is 6. The van der Waals surface area contributed by atoms with Crippen molar-refractivity contribution in [1.29, 1.82) is 0 Å². The summed E-state index contributed by atoms with van der Waals surface area (Å²) in [7, 11) is 0. The monoisotopic (exact) mass is 453 g/mol. The molecule has 0 bridgehead atoms. The second kappa shape index (κ2) is 7.90. The van der Waals surface area contributed by atoms with Gasteiger partial charge in [-0.1, -0.05) is 6.07 Å². The summed E-state index contributed by atoms with van der Waals surface area (Å²) in [5.41, 5.74) is 0.753. The highest BCUT2D eigenvalue weighted by Gasteiger charge is 2.49. The molecule has 3 heterocycles. The molecule has 1 fully saturated rings. The van der Waals surface area contributed by atoms with Crippen LogP contribution in [0.5, 0.6) is 11.5 Å². The second-order valence-corrected chi connectivity index (χ2v) is 8.67. The fourth-order valence-corrected chi connectivity index (χ4v) is 4.59. The molecule has 2 aliphatic heterocycles. The number of urea groups is 1. The molecule has 1 unspecified atom stereocenters. The fraction of sp³-hybridized carbons (Fsp3) is 0.261. The first-order valence-corrected chi connectivity index (χ1v) is 11.1. The van der Waals surface area contributed by atoms with Crippen molar-refractivity contribution in [2.45, 2.75) is 25.4 Å². The van der Waals surface area contributed by atoms with Crippen LogP contribution in [0.4, 0.5) is 9.18 Å². The predicted molar refractivity (Wildman–Crippen MR) is 116 cm³/mol. The first kappa shape index (κ1) is 20.4. The van der Waals surface area contributed by atoms with Crippen molar-refractivity contribution in [3.8, 4) is 22.1 Å². The summed E-state index contributed by atoms with van der Waals surface area (Å²) < 4.78 is 24.6. The van der Waals surface area contributed by atoms with Gasteiger partial charge in [0.2, 0.25) is 0 Å². The summed E-state index contributed by atoms with van der Waals surface area (Å²) in [6, 6.07) is 10.8. The van der Waals surface area contributed by atoms with Gasteiger partial charge in [0.1, 0.15) is 16.4 Å². The standard InChI is InChI=1S/C23H20FN3O4S/c1-23(15-5-8-18-19(11-15)31-10-2-9-30-18)21(28)27(22(29)26-23)12-17-13-32-20(25-17)14-3-6-16(24)7-4-14/h3-8,11,13H,2,9-10,12H2,1H3,(H,26,29). The van der Waals surface area contributed by atoms with Gasteiger partial charge >= 0.3 is 6.03 Å². The van der Waals surface area contributed by atoms with Crippen molar-refractivity contribution >= 4 is 23.3 Å². The number of thiazole rings is 1. The van der Waals surface area contributed by atoms with E-state index >= 15 is 0 Å². The number of carbonyl (C=O) groups is 2. The van der Waals surface area contributed by atoms with E-state index in [1.807, 2.05) is 0 Å². The van der Waals surface area contributed by atoms with E-state index in [2.05, 4.69) is 10.3 Å². The van der Waals surface area contributed by atoms with E-state index in [1.54, 1.807) is 42.6 Å². The topological polar surface area (TPSA) is 80.8 Å². The summed E-state index contributed by atoms with van der Waals surface area (Å²) in [5.74, 6) is 0.497. The number of amides is 3. The Hall–Kier alpha value is -3.46. The molecule has 0 spiro atoms. The van der Waals surface area contributed by atoms with Gasteiger partial charge < -0.3 is 14.8 Å². The quantitative estimate of drug-likeness (QED) is 0.602. The van der Waals surface area contributed by atoms with Gasteiger partial charge in [-0.3, -0.25) is 9.69 Å². The minimum absolute atomic E-state index is 0.0441. The van der Waals surface area contributed by atoms with E-state index in [-0.39, 0.29) is 18.3 Å². The van der Waals surface area contributed by atoms with Crippen LogP contribution in [0.25, 0.3) is 10.6 Å². The molecule has 164 valence electrons. The number of aromatic nitrogens is 1. The van der Waals surface area contributed by atoms with Crippen LogP contribution < -0.4 is 14.8 Å². The van der Waals surface area contributed by atoms with Gasteiger partial charge in [-0.2, -0.15) is 0 Å². The van der Waals surface area contributed by atoms with Crippen LogP contribution in [-0.4, -0.2) is 35.0 Å². The van der Waals surface area contributed by atoms with Crippen LogP contribution >= 0.6 is 11.3 Å². The molecule has 5 rings (SSSR count). The molecule has 1 saturated heterocycles. The number of imide groups is 1. The number of hydrogen-bond donors (Lipinski definition) is 1. The Morgan fingerprint density at radius 3 is 2.66 bits per heavy atom. The van der Waals surface area contributed by atoms with Crippen LogP contribution in [-0.2, 0) is 16.9 Å². The van der Waals surface area contributed by atoms with E-state index in [9.17, 15) is 14.0 Å². The zero-order valence-corrected chi connectivity index (χ0v) is 18.1. The third-order valence-electron chi connectivity index (χ3n) is 5.56. The Morgan fingerprint density at radius 1 is 1.12 bits per heavy atom. The van der Waals surface area contributed by atoms with E-state index in [0.717, 1.165) is 16.9 Å². The minimum Gasteiger partial charge on any atom is -0.490 e. The Balaban J connectivity index is 1.37. The molecule has 3 aromatic rings. The van der Waals surface area contributed by atoms with Gasteiger partial charge in [-0.25, -0.2) is 14.2 Å². The largest absolute Gasteiger partial charge is 0.490 e. The van der Waals surface area contributed by atoms with E-state index in [0.29, 0.717) is 41.0 Å². The summed E-state index contributed by atoms with van der Waals surface area (Å²) >= 11 is 1.37. The molecule has 9 heteroatoms. The number of nitrogens with one attached hydrogen (secondary N) is 1. The molecule has 32 heavy (non-hydrogen) atoms. The predicted octanol–water partition coefficient (Wildman–Crippen LogP) is 4.08. The lowest BCUT2D eigenvalue weighted by molar-refractivity contribution is -0.131. The van der Waals surface area contributed by atoms with Crippen molar-refractivity contribution in [2.75, 3.05) is 13.2 Å².